The summed E-state index contributed by atoms with van der Waals surface area (Å²) in [5.74, 6) is -4.40. The lowest BCUT2D eigenvalue weighted by atomic mass is 9.67. The van der Waals surface area contributed by atoms with Gasteiger partial charge < -0.3 is 76.2 Å². The van der Waals surface area contributed by atoms with Crippen molar-refractivity contribution in [2.24, 2.45) is 79.8 Å². The van der Waals surface area contributed by atoms with Crippen molar-refractivity contribution < 1.29 is 138 Å². The molecule has 30 nitrogen and oxygen atoms in total. The van der Waals surface area contributed by atoms with Crippen LogP contribution in [0.15, 0.2) is 0 Å². The van der Waals surface area contributed by atoms with Crippen molar-refractivity contribution in [1.82, 2.24) is 0 Å². The third-order valence-electron chi connectivity index (χ3n) is 25.4. The molecule has 7 aliphatic carbocycles. The maximum Gasteiger partial charge on any atom is 0.511 e. The largest absolute Gasteiger partial charge is 0.511 e. The Morgan fingerprint density at radius 3 is 1.49 bits per heavy atom. The molecule has 114 heavy (non-hydrogen) atoms. The fourth-order valence-corrected chi connectivity index (χ4v) is 16.9. The first-order valence-electron chi connectivity index (χ1n) is 37.7. The number of nitriles is 1. The number of hydrogen-bond donors (Lipinski definition) is 1. The van der Waals surface area contributed by atoms with Crippen LogP contribution in [0.5, 0.6) is 0 Å². The second-order valence-corrected chi connectivity index (χ2v) is 34.0. The molecule has 21 unspecified atom stereocenters. The highest BCUT2D eigenvalue weighted by molar-refractivity contribution is 5.86. The predicted molar refractivity (Wildman–Crippen MR) is 411 cm³/mol. The van der Waals surface area contributed by atoms with Gasteiger partial charge in [0.2, 0.25) is 18.5 Å². The third kappa shape index (κ3) is 20.8. The lowest BCUT2D eigenvalue weighted by molar-refractivity contribution is -0.180. The van der Waals surface area contributed by atoms with Crippen LogP contribution in [0.2, 0.25) is 0 Å². The van der Waals surface area contributed by atoms with Crippen molar-refractivity contribution in [2.75, 3.05) is 19.8 Å². The van der Waals surface area contributed by atoms with Gasteiger partial charge in [0.15, 0.2) is 37.4 Å². The molecule has 15 aliphatic rings. The Labute approximate surface area is 675 Å². The molecule has 0 amide bonds. The van der Waals surface area contributed by atoms with Gasteiger partial charge in [-0.2, -0.15) is 5.26 Å². The van der Waals surface area contributed by atoms with E-state index in [1.165, 1.54) is 0 Å². The van der Waals surface area contributed by atoms with Crippen LogP contribution in [-0.4, -0.2) is 182 Å². The number of fused-ring (bicyclic) bond motifs is 6. The number of nitrogens with zero attached hydrogens (tertiary/aromatic N) is 1. The molecule has 15 fully saturated rings. The lowest BCUT2D eigenvalue weighted by Gasteiger charge is -2.41. The molecular formula is C84H137NO29. The Morgan fingerprint density at radius 1 is 0.500 bits per heavy atom. The van der Waals surface area contributed by atoms with E-state index < -0.39 is 143 Å². The zero-order valence-electron chi connectivity index (χ0n) is 63.2. The molecule has 15 rings (SSSR count). The summed E-state index contributed by atoms with van der Waals surface area (Å²) in [6.45, 7) is 24.3. The Morgan fingerprint density at radius 2 is 0.991 bits per heavy atom. The van der Waals surface area contributed by atoms with E-state index in [0.717, 1.165) is 77.0 Å². The van der Waals surface area contributed by atoms with Gasteiger partial charge in [0.05, 0.1) is 51.1 Å². The van der Waals surface area contributed by atoms with Crippen molar-refractivity contribution in [2.45, 2.75) is 351 Å². The van der Waals surface area contributed by atoms with E-state index in [-0.39, 0.29) is 167 Å². The Hall–Kier alpha value is -7.68. The van der Waals surface area contributed by atoms with Crippen LogP contribution in [0.4, 0.5) is 4.79 Å². The van der Waals surface area contributed by atoms with E-state index >= 15 is 0 Å². The maximum absolute atomic E-state index is 12.1. The standard InChI is InChI=1S/C18H26O6.C17H21NO6.C16H22O6.C13H16O8.C12H20O3.8CH4/c1-4-18(2,3)17(21)22-9-14(19)24-15-11-5-10-6-12(8-11)16(20)23-13(15)7-10;1-4-16(2,3)14(20)22-7-11(19)23-12-9-5-10-13(12)24-15(21)17(10,6-9)8-18;1-4-16(2,3)15(19)20-7-11(17)21-12-8-5-9-10(6-8)14(18)22-13(9)12;1-4-13(2,3)11(15)19-7-5-6(17-9(7)14)8-10(18-5)21-12(16)20-8;1-3-11(2)8-12(15-10(11)14)6-4-9(13)5-7-12;;;;;;;;/h10-13,15H,4-9H2,1-3H3;9-10,12-13H,4-7H2,1-3H3;8-10,12-13H,4-7H2,1-3H3;5-8,10H,4H2,1-3H3;9,13H,3-8H2,1-2H3;8*1H4. The normalized spacial score (nSPS) is 34.6. The highest BCUT2D eigenvalue weighted by atomic mass is 16.9. The quantitative estimate of drug-likeness (QED) is 0.0927. The van der Waals surface area contributed by atoms with Gasteiger partial charge in [-0.1, -0.05) is 94.0 Å². The minimum absolute atomic E-state index is 0. The van der Waals surface area contributed by atoms with E-state index in [4.69, 9.17) is 71.1 Å². The monoisotopic (exact) mass is 1620 g/mol. The van der Waals surface area contributed by atoms with Crippen LogP contribution in [-0.2, 0) is 129 Å². The van der Waals surface area contributed by atoms with Crippen molar-refractivity contribution in [3.8, 4) is 6.07 Å². The molecular weight excluding hydrogens is 1490 g/mol. The minimum atomic E-state index is -1.17. The highest BCUT2D eigenvalue weighted by Crippen LogP contribution is 2.62. The smallest absolute Gasteiger partial charge is 0.459 e. The van der Waals surface area contributed by atoms with Crippen LogP contribution >= 0.6 is 0 Å². The van der Waals surface area contributed by atoms with Crippen LogP contribution in [0, 0.1) is 91.2 Å². The molecule has 0 aromatic heterocycles. The molecule has 21 atom stereocenters. The highest BCUT2D eigenvalue weighted by Gasteiger charge is 2.73. The number of esters is 12. The van der Waals surface area contributed by atoms with Crippen molar-refractivity contribution >= 4 is 77.8 Å². The molecule has 652 valence electrons. The minimum Gasteiger partial charge on any atom is -0.459 e. The summed E-state index contributed by atoms with van der Waals surface area (Å²) in [6.07, 6.45) is 5.17. The van der Waals surface area contributed by atoms with E-state index in [2.05, 4.69) is 6.07 Å². The summed E-state index contributed by atoms with van der Waals surface area (Å²) >= 11 is 0. The molecule has 8 bridgehead atoms. The van der Waals surface area contributed by atoms with E-state index in [1.807, 2.05) is 41.5 Å². The molecule has 1 spiro atoms. The fourth-order valence-electron chi connectivity index (χ4n) is 16.9. The number of aliphatic hydroxyl groups is 1. The van der Waals surface area contributed by atoms with Crippen molar-refractivity contribution in [3.63, 3.8) is 0 Å². The van der Waals surface area contributed by atoms with Gasteiger partial charge in [0, 0.05) is 36.0 Å². The predicted octanol–water partition coefficient (Wildman–Crippen LogP) is 12.7. The van der Waals surface area contributed by atoms with E-state index in [0.29, 0.717) is 44.4 Å². The fraction of sp³-hybridized carbons (Fsp3) is 0.833. The average molecular weight is 1620 g/mol. The van der Waals surface area contributed by atoms with Crippen LogP contribution in [0.25, 0.3) is 0 Å². The summed E-state index contributed by atoms with van der Waals surface area (Å²) in [4.78, 5) is 154. The SMILES string of the molecule is C.C.C.C.C.C.C.C.CCC(C)(C)C(=O)OC1C(=O)OC2C3OC(=O)OC3OC12.CCC(C)(C)C(=O)OCC(=O)OC1C2CC3C(=O)OC1C3C2.CCC(C)(C)C(=O)OCC(=O)OC1C2CC3C1OC(=O)C3(C#N)C2.CCC(C)(C)C(=O)OCC(=O)OC1C2CC3CC(C2)C(=O)OC1C3.CCC1(C)CC2(CCC(O)CC2)OC1=O. The van der Waals surface area contributed by atoms with Gasteiger partial charge in [-0.25, -0.2) is 24.0 Å². The molecule has 1 N–H and O–H groups in total. The first-order valence-corrected chi connectivity index (χ1v) is 37.7. The number of hydrogen-bond acceptors (Lipinski definition) is 30. The second-order valence-electron chi connectivity index (χ2n) is 34.0. The molecule has 0 aromatic rings. The van der Waals surface area contributed by atoms with Crippen molar-refractivity contribution in [3.05, 3.63) is 0 Å². The lowest BCUT2D eigenvalue weighted by Crippen LogP contribution is -2.45. The van der Waals surface area contributed by atoms with Gasteiger partial charge in [0.25, 0.3) is 0 Å². The van der Waals surface area contributed by atoms with E-state index in [1.54, 1.807) is 55.4 Å². The van der Waals surface area contributed by atoms with Crippen LogP contribution in [0.1, 0.15) is 272 Å². The van der Waals surface area contributed by atoms with Gasteiger partial charge >= 0.3 is 77.8 Å². The van der Waals surface area contributed by atoms with Crippen LogP contribution < -0.4 is 0 Å². The molecule has 7 saturated carbocycles. The van der Waals surface area contributed by atoms with Gasteiger partial charge in [-0.15, -0.1) is 0 Å². The third-order valence-corrected chi connectivity index (χ3v) is 25.4. The zero-order chi connectivity index (χ0) is 77.7. The topological polar surface area (TPSA) is 404 Å². The van der Waals surface area contributed by atoms with E-state index in [9.17, 15) is 72.7 Å². The first-order chi connectivity index (χ1) is 49.7. The molecule has 8 saturated heterocycles. The van der Waals surface area contributed by atoms with Crippen LogP contribution in [0.3, 0.4) is 0 Å². The number of aliphatic hydroxyl groups excluding tert-OH is 1. The molecule has 8 aliphatic heterocycles. The second kappa shape index (κ2) is 39.5. The Balaban J connectivity index is 0.000000478. The average Bonchev–Trinajstić information content (AvgIpc) is 1.54. The Bertz CT molecular complexity index is 3470. The zero-order valence-corrected chi connectivity index (χ0v) is 63.2. The summed E-state index contributed by atoms with van der Waals surface area (Å²) in [5, 5.41) is 18.8. The first kappa shape index (κ1) is 102. The summed E-state index contributed by atoms with van der Waals surface area (Å²) in [7, 11) is 0. The molecule has 0 radical (unpaired) electrons. The number of rotatable bonds is 19. The van der Waals surface area contributed by atoms with Gasteiger partial charge in [-0.05, 0) is 177 Å². The molecule has 8 heterocycles. The molecule has 30 heteroatoms. The van der Waals surface area contributed by atoms with Gasteiger partial charge in [-0.3, -0.25) is 38.4 Å². The number of carbonyl (C=O) groups is 13. The maximum atomic E-state index is 12.1. The van der Waals surface area contributed by atoms with Gasteiger partial charge in [0.1, 0.15) is 42.2 Å². The summed E-state index contributed by atoms with van der Waals surface area (Å²) < 4.78 is 78.7. The Kier molecular flexibility index (Phi) is 35.5. The van der Waals surface area contributed by atoms with Crippen molar-refractivity contribution in [1.29, 1.82) is 5.26 Å². The summed E-state index contributed by atoms with van der Waals surface area (Å²) in [5.41, 5.74) is -4.19. The number of carbonyl (C=O) groups excluding carboxylic acids is 13. The number of ether oxygens (including phenoxy) is 15. The molecule has 0 aromatic carbocycles. The summed E-state index contributed by atoms with van der Waals surface area (Å²) in [6, 6.07) is 2.10.